The van der Waals surface area contributed by atoms with Gasteiger partial charge in [0.1, 0.15) is 0 Å². The van der Waals surface area contributed by atoms with E-state index in [2.05, 4.69) is 42.8 Å². The molecule has 0 unspecified atom stereocenters. The summed E-state index contributed by atoms with van der Waals surface area (Å²) < 4.78 is 2.30. The molecule has 0 saturated heterocycles. The van der Waals surface area contributed by atoms with Crippen LogP contribution in [0.5, 0.6) is 0 Å². The van der Waals surface area contributed by atoms with Crippen molar-refractivity contribution < 1.29 is 0 Å². The first kappa shape index (κ1) is 11.8. The average Bonchev–Trinajstić information content (AvgIpc) is 2.70. The summed E-state index contributed by atoms with van der Waals surface area (Å²) >= 11 is 0. The Labute approximate surface area is 109 Å². The molecule has 0 amide bonds. The molecule has 2 N–H and O–H groups in total. The monoisotopic (exact) mass is 242 g/mol. The Balaban J connectivity index is 2.17. The van der Waals surface area contributed by atoms with E-state index in [-0.39, 0.29) is 5.54 Å². The summed E-state index contributed by atoms with van der Waals surface area (Å²) in [7, 11) is 2.15. The molecule has 0 aliphatic heterocycles. The van der Waals surface area contributed by atoms with Crippen LogP contribution in [-0.4, -0.2) is 4.57 Å². The molecular formula is C16H22N2. The number of aryl methyl sites for hydroxylation is 2. The molecule has 1 aliphatic rings. The Kier molecular flexibility index (Phi) is 2.70. The number of benzene rings is 1. The van der Waals surface area contributed by atoms with Crippen molar-refractivity contribution in [3.8, 4) is 0 Å². The second-order valence-electron chi connectivity index (χ2n) is 5.81. The molecule has 2 aromatic rings. The van der Waals surface area contributed by atoms with Gasteiger partial charge < -0.3 is 10.3 Å². The van der Waals surface area contributed by atoms with Gasteiger partial charge in [0.25, 0.3) is 0 Å². The molecule has 3 rings (SSSR count). The molecule has 0 bridgehead atoms. The number of aromatic nitrogens is 1. The Hall–Kier alpha value is -1.28. The van der Waals surface area contributed by atoms with Crippen LogP contribution in [0.25, 0.3) is 10.9 Å². The van der Waals surface area contributed by atoms with Crippen molar-refractivity contribution in [3.05, 3.63) is 35.5 Å². The molecule has 1 saturated carbocycles. The molecule has 0 radical (unpaired) electrons. The highest BCUT2D eigenvalue weighted by Gasteiger charge is 2.32. The summed E-state index contributed by atoms with van der Waals surface area (Å²) in [6, 6.07) is 8.82. The SMILES string of the molecule is Cc1cccc2c1cc(C1(N)CCCCC1)n2C. The fraction of sp³-hybridized carbons (Fsp3) is 0.500. The third-order valence-corrected chi connectivity index (χ3v) is 4.56. The van der Waals surface area contributed by atoms with Crippen LogP contribution in [0.1, 0.15) is 43.4 Å². The number of hydrogen-bond donors (Lipinski definition) is 1. The van der Waals surface area contributed by atoms with Gasteiger partial charge in [-0.3, -0.25) is 0 Å². The van der Waals surface area contributed by atoms with Gasteiger partial charge in [-0.2, -0.15) is 0 Å². The first-order valence-electron chi connectivity index (χ1n) is 6.96. The van der Waals surface area contributed by atoms with Gasteiger partial charge in [-0.25, -0.2) is 0 Å². The highest BCUT2D eigenvalue weighted by Crippen LogP contribution is 2.37. The van der Waals surface area contributed by atoms with Crippen LogP contribution in [0.15, 0.2) is 24.3 Å². The normalized spacial score (nSPS) is 19.3. The number of nitrogens with zero attached hydrogens (tertiary/aromatic N) is 1. The van der Waals surface area contributed by atoms with E-state index in [9.17, 15) is 0 Å². The van der Waals surface area contributed by atoms with Crippen molar-refractivity contribution >= 4 is 10.9 Å². The van der Waals surface area contributed by atoms with E-state index < -0.39 is 0 Å². The molecule has 1 aliphatic carbocycles. The smallest absolute Gasteiger partial charge is 0.0563 e. The standard InChI is InChI=1S/C16H22N2/c1-12-7-6-8-14-13(12)11-15(18(14)2)16(17)9-4-3-5-10-16/h6-8,11H,3-5,9-10,17H2,1-2H3. The number of nitrogens with two attached hydrogens (primary N) is 1. The minimum Gasteiger partial charge on any atom is -0.346 e. The molecule has 0 spiro atoms. The Morgan fingerprint density at radius 2 is 1.89 bits per heavy atom. The van der Waals surface area contributed by atoms with Gasteiger partial charge in [-0.1, -0.05) is 31.4 Å². The third-order valence-electron chi connectivity index (χ3n) is 4.56. The second-order valence-corrected chi connectivity index (χ2v) is 5.81. The van der Waals surface area contributed by atoms with Crippen molar-refractivity contribution in [1.82, 2.24) is 4.57 Å². The first-order chi connectivity index (χ1) is 8.62. The van der Waals surface area contributed by atoms with E-state index in [1.54, 1.807) is 0 Å². The zero-order valence-electron chi connectivity index (χ0n) is 11.4. The molecule has 1 fully saturated rings. The van der Waals surface area contributed by atoms with Crippen LogP contribution in [0.4, 0.5) is 0 Å². The van der Waals surface area contributed by atoms with Gasteiger partial charge in [-0.05, 0) is 37.5 Å². The summed E-state index contributed by atoms with van der Waals surface area (Å²) in [4.78, 5) is 0. The highest BCUT2D eigenvalue weighted by atomic mass is 15.0. The fourth-order valence-corrected chi connectivity index (χ4v) is 3.43. The summed E-state index contributed by atoms with van der Waals surface area (Å²) in [5.74, 6) is 0. The maximum Gasteiger partial charge on any atom is 0.0563 e. The molecular weight excluding hydrogens is 220 g/mol. The van der Waals surface area contributed by atoms with Crippen molar-refractivity contribution in [3.63, 3.8) is 0 Å². The molecule has 1 heterocycles. The molecule has 18 heavy (non-hydrogen) atoms. The Morgan fingerprint density at radius 3 is 2.56 bits per heavy atom. The lowest BCUT2D eigenvalue weighted by Gasteiger charge is -2.34. The van der Waals surface area contributed by atoms with E-state index in [0.29, 0.717) is 0 Å². The number of rotatable bonds is 1. The van der Waals surface area contributed by atoms with Crippen molar-refractivity contribution in [1.29, 1.82) is 0 Å². The Morgan fingerprint density at radius 1 is 1.17 bits per heavy atom. The zero-order chi connectivity index (χ0) is 12.8. The quantitative estimate of drug-likeness (QED) is 0.813. The van der Waals surface area contributed by atoms with Crippen LogP contribution >= 0.6 is 0 Å². The molecule has 2 heteroatoms. The predicted octanol–water partition coefficient (Wildman–Crippen LogP) is 3.60. The molecule has 96 valence electrons. The van der Waals surface area contributed by atoms with E-state index in [0.717, 1.165) is 12.8 Å². The minimum absolute atomic E-state index is 0.113. The van der Waals surface area contributed by atoms with E-state index in [4.69, 9.17) is 5.73 Å². The Bertz CT molecular complexity index is 574. The maximum atomic E-state index is 6.67. The van der Waals surface area contributed by atoms with Gasteiger partial charge in [-0.15, -0.1) is 0 Å². The number of fused-ring (bicyclic) bond motifs is 1. The van der Waals surface area contributed by atoms with Crippen molar-refractivity contribution in [2.75, 3.05) is 0 Å². The molecule has 2 nitrogen and oxygen atoms in total. The van der Waals surface area contributed by atoms with Gasteiger partial charge in [0, 0.05) is 23.6 Å². The summed E-state index contributed by atoms with van der Waals surface area (Å²) in [6.45, 7) is 2.18. The topological polar surface area (TPSA) is 30.9 Å². The predicted molar refractivity (Wildman–Crippen MR) is 76.6 cm³/mol. The lowest BCUT2D eigenvalue weighted by atomic mass is 9.80. The van der Waals surface area contributed by atoms with Gasteiger partial charge in [0.05, 0.1) is 5.54 Å². The van der Waals surface area contributed by atoms with Crippen LogP contribution in [0.3, 0.4) is 0 Å². The highest BCUT2D eigenvalue weighted by molar-refractivity contribution is 5.84. The van der Waals surface area contributed by atoms with Crippen LogP contribution in [-0.2, 0) is 12.6 Å². The minimum atomic E-state index is -0.113. The molecule has 0 atom stereocenters. The second kappa shape index (κ2) is 4.13. The lowest BCUT2D eigenvalue weighted by Crippen LogP contribution is -2.40. The van der Waals surface area contributed by atoms with E-state index in [1.807, 2.05) is 0 Å². The van der Waals surface area contributed by atoms with Gasteiger partial charge in [0.15, 0.2) is 0 Å². The van der Waals surface area contributed by atoms with Gasteiger partial charge in [0.2, 0.25) is 0 Å². The third kappa shape index (κ3) is 1.67. The van der Waals surface area contributed by atoms with Crippen LogP contribution in [0, 0.1) is 6.92 Å². The zero-order valence-corrected chi connectivity index (χ0v) is 11.4. The van der Waals surface area contributed by atoms with Crippen LogP contribution < -0.4 is 5.73 Å². The summed E-state index contributed by atoms with van der Waals surface area (Å²) in [5, 5.41) is 1.35. The van der Waals surface area contributed by atoms with E-state index >= 15 is 0 Å². The summed E-state index contributed by atoms with van der Waals surface area (Å²) in [5.41, 5.74) is 10.5. The largest absolute Gasteiger partial charge is 0.346 e. The molecule has 1 aromatic carbocycles. The van der Waals surface area contributed by atoms with E-state index in [1.165, 1.54) is 41.4 Å². The lowest BCUT2D eigenvalue weighted by molar-refractivity contribution is 0.290. The average molecular weight is 242 g/mol. The van der Waals surface area contributed by atoms with Gasteiger partial charge >= 0.3 is 0 Å². The first-order valence-corrected chi connectivity index (χ1v) is 6.96. The fourth-order valence-electron chi connectivity index (χ4n) is 3.43. The number of hydrogen-bond acceptors (Lipinski definition) is 1. The summed E-state index contributed by atoms with van der Waals surface area (Å²) in [6.07, 6.45) is 6.10. The van der Waals surface area contributed by atoms with Crippen molar-refractivity contribution in [2.45, 2.75) is 44.6 Å². The van der Waals surface area contributed by atoms with Crippen LogP contribution in [0.2, 0.25) is 0 Å². The van der Waals surface area contributed by atoms with Crippen molar-refractivity contribution in [2.24, 2.45) is 12.8 Å². The maximum absolute atomic E-state index is 6.67. The molecule has 1 aromatic heterocycles.